The number of para-hydroxylation sites is 1. The Balaban J connectivity index is 1.72. The van der Waals surface area contributed by atoms with Crippen molar-refractivity contribution in [2.75, 3.05) is 34.7 Å². The highest BCUT2D eigenvalue weighted by molar-refractivity contribution is 6.00. The largest absolute Gasteiger partial charge is 0.458 e. The minimum Gasteiger partial charge on any atom is -0.458 e. The Hall–Kier alpha value is -8.46. The highest BCUT2D eigenvalue weighted by atomic mass is 16.5. The molecule has 3 heterocycles. The lowest BCUT2D eigenvalue weighted by Crippen LogP contribution is -2.65. The second kappa shape index (κ2) is 37.5. The van der Waals surface area contributed by atoms with Crippen LogP contribution in [0.1, 0.15) is 148 Å². The fourth-order valence-electron chi connectivity index (χ4n) is 13.1. The highest BCUT2D eigenvalue weighted by Gasteiger charge is 2.46. The lowest BCUT2D eigenvalue weighted by molar-refractivity contribution is -0.160. The number of hydrogen-bond donors (Lipinski definition) is 10. The Bertz CT molecular complexity index is 3370. The number of H-pyrrole nitrogens is 1. The van der Waals surface area contributed by atoms with Gasteiger partial charge in [-0.2, -0.15) is 0 Å². The first-order valence-corrected chi connectivity index (χ1v) is 35.7. The van der Waals surface area contributed by atoms with E-state index in [2.05, 4.69) is 47.5 Å². The SMILES string of the molecule is CN[C@H](C(=O)N[C@H](C(=O)N[C@@H]1C(=O)N(C)[C@@H]([C@@H](C)O)C(=O)N[C@@H](C(C)C)C(=O)N(C)[C@@H](CC(C)C)C(=O)N[C@@H](C(C)C)C(=O)N2CCCC[C@H]2C(=O)N(C)[C@@H](Cc2c[nH]c3ccccc23)C(=O)N[C@@H](C(C)C)C(=O)N[C@@H](Cc2ccccc2)C(=O)N[C@@H](C(C)C)C(=O)O[C@@H]1C)C(C)C)C(C)C. The normalized spacial score (nSPS) is 25.6. The number of aromatic amines is 1. The van der Waals surface area contributed by atoms with Crippen LogP contribution in [0.25, 0.3) is 10.9 Å². The van der Waals surface area contributed by atoms with Gasteiger partial charge in [0.25, 0.3) is 0 Å². The van der Waals surface area contributed by atoms with Crippen LogP contribution in [0, 0.1) is 41.4 Å². The van der Waals surface area contributed by atoms with E-state index in [1.165, 1.54) is 49.7 Å². The van der Waals surface area contributed by atoms with Gasteiger partial charge in [0, 0.05) is 57.6 Å². The molecular formula is C74H115N13O14. The zero-order valence-corrected chi connectivity index (χ0v) is 62.9. The van der Waals surface area contributed by atoms with Crippen LogP contribution in [0.15, 0.2) is 60.8 Å². The molecule has 0 saturated carbocycles. The zero-order valence-electron chi connectivity index (χ0n) is 62.9. The summed E-state index contributed by atoms with van der Waals surface area (Å²) in [5, 5.41) is 34.9. The van der Waals surface area contributed by atoms with Crippen LogP contribution in [0.3, 0.4) is 0 Å². The molecule has 101 heavy (non-hydrogen) atoms. The number of ether oxygens (including phenoxy) is 1. The maximum absolute atomic E-state index is 15.4. The average Bonchev–Trinajstić information content (AvgIpc) is 1.75. The number of carbonyl (C=O) groups excluding carboxylic acids is 12. The summed E-state index contributed by atoms with van der Waals surface area (Å²) in [5.74, 6) is -13.3. The number of amides is 11. The van der Waals surface area contributed by atoms with Crippen LogP contribution < -0.4 is 42.5 Å². The van der Waals surface area contributed by atoms with Crippen molar-refractivity contribution in [2.24, 2.45) is 41.4 Å². The summed E-state index contributed by atoms with van der Waals surface area (Å²) in [6.45, 7) is 26.7. The van der Waals surface area contributed by atoms with Gasteiger partial charge in [-0.25, -0.2) is 4.79 Å². The van der Waals surface area contributed by atoms with Crippen molar-refractivity contribution in [1.29, 1.82) is 0 Å². The molecule has 27 heteroatoms. The fraction of sp³-hybridized carbons (Fsp3) is 0.649. The molecule has 3 aromatic rings. The van der Waals surface area contributed by atoms with Gasteiger partial charge in [-0.15, -0.1) is 0 Å². The minimum absolute atomic E-state index is 0.0589. The van der Waals surface area contributed by atoms with Crippen LogP contribution >= 0.6 is 0 Å². The first-order valence-electron chi connectivity index (χ1n) is 35.7. The van der Waals surface area contributed by atoms with Gasteiger partial charge in [0.05, 0.1) is 12.1 Å². The van der Waals surface area contributed by atoms with Gasteiger partial charge >= 0.3 is 5.97 Å². The molecule has 14 atom stereocenters. The number of likely N-dealkylation sites (N-methyl/N-ethyl adjacent to an activating group) is 4. The Kier molecular flexibility index (Phi) is 30.9. The second-order valence-corrected chi connectivity index (χ2v) is 29.8. The molecule has 0 aliphatic carbocycles. The lowest BCUT2D eigenvalue weighted by Gasteiger charge is -2.41. The smallest absolute Gasteiger partial charge is 0.329 e. The van der Waals surface area contributed by atoms with Gasteiger partial charge in [0.1, 0.15) is 72.6 Å². The number of piperidine rings is 1. The van der Waals surface area contributed by atoms with Crippen molar-refractivity contribution in [3.8, 4) is 0 Å². The molecule has 11 amide bonds. The summed E-state index contributed by atoms with van der Waals surface area (Å²) < 4.78 is 6.09. The monoisotopic (exact) mass is 1410 g/mol. The number of fused-ring (bicyclic) bond motifs is 2. The molecule has 2 aromatic carbocycles. The summed E-state index contributed by atoms with van der Waals surface area (Å²) in [5.41, 5.74) is 2.03. The number of aromatic nitrogens is 1. The molecular weight excluding hydrogens is 1290 g/mol. The average molecular weight is 1410 g/mol. The van der Waals surface area contributed by atoms with Crippen molar-refractivity contribution >= 4 is 81.9 Å². The number of cyclic esters (lactones) is 1. The van der Waals surface area contributed by atoms with Gasteiger partial charge < -0.3 is 77.0 Å². The summed E-state index contributed by atoms with van der Waals surface area (Å²) in [6.07, 6.45) is -0.444. The minimum atomic E-state index is -1.89. The van der Waals surface area contributed by atoms with Crippen LogP contribution in [-0.2, 0) is 75.1 Å². The van der Waals surface area contributed by atoms with Crippen LogP contribution in [0.4, 0.5) is 0 Å². The maximum atomic E-state index is 15.4. The number of aliphatic hydroxyl groups excluding tert-OH is 1. The Morgan fingerprint density at radius 3 is 1.66 bits per heavy atom. The molecule has 0 spiro atoms. The van der Waals surface area contributed by atoms with E-state index >= 15 is 38.4 Å². The molecule has 2 fully saturated rings. The molecule has 0 bridgehead atoms. The number of hydrogen-bond acceptors (Lipinski definition) is 15. The van der Waals surface area contributed by atoms with Crippen LogP contribution in [-0.4, -0.2) is 220 Å². The highest BCUT2D eigenvalue weighted by Crippen LogP contribution is 2.27. The lowest BCUT2D eigenvalue weighted by atomic mass is 9.94. The van der Waals surface area contributed by atoms with Crippen LogP contribution in [0.2, 0.25) is 0 Å². The number of carbonyl (C=O) groups is 12. The quantitative estimate of drug-likeness (QED) is 0.0818. The van der Waals surface area contributed by atoms with Gasteiger partial charge in [-0.05, 0) is 105 Å². The molecule has 2 aliphatic rings. The van der Waals surface area contributed by atoms with Crippen LogP contribution in [0.5, 0.6) is 0 Å². The van der Waals surface area contributed by atoms with Gasteiger partial charge in [0.15, 0.2) is 0 Å². The van der Waals surface area contributed by atoms with E-state index in [-0.39, 0.29) is 44.1 Å². The molecule has 5 rings (SSSR count). The summed E-state index contributed by atoms with van der Waals surface area (Å²) in [6, 6.07) is -0.228. The first kappa shape index (κ1) is 83.2. The van der Waals surface area contributed by atoms with Crippen molar-refractivity contribution in [3.05, 3.63) is 71.9 Å². The molecule has 560 valence electrons. The van der Waals surface area contributed by atoms with Crippen molar-refractivity contribution in [3.63, 3.8) is 0 Å². The number of benzene rings is 2. The maximum Gasteiger partial charge on any atom is 0.329 e. The van der Waals surface area contributed by atoms with Gasteiger partial charge in [0.2, 0.25) is 65.0 Å². The summed E-state index contributed by atoms with van der Waals surface area (Å²) >= 11 is 0. The van der Waals surface area contributed by atoms with Crippen molar-refractivity contribution in [1.82, 2.24) is 67.1 Å². The van der Waals surface area contributed by atoms with Crippen molar-refractivity contribution in [2.45, 2.75) is 234 Å². The number of nitrogens with zero attached hydrogens (tertiary/aromatic N) is 4. The number of aliphatic hydroxyl groups is 1. The number of rotatable bonds is 18. The van der Waals surface area contributed by atoms with E-state index in [4.69, 9.17) is 4.74 Å². The summed E-state index contributed by atoms with van der Waals surface area (Å²) in [4.78, 5) is 188. The zero-order chi connectivity index (χ0) is 75.8. The van der Waals surface area contributed by atoms with Crippen molar-refractivity contribution < 1.29 is 67.4 Å². The molecule has 2 saturated heterocycles. The first-order chi connectivity index (χ1) is 47.3. The predicted molar refractivity (Wildman–Crippen MR) is 383 cm³/mol. The van der Waals surface area contributed by atoms with E-state index < -0.39 is 185 Å². The Labute approximate surface area is 596 Å². The molecule has 1 aromatic heterocycles. The van der Waals surface area contributed by atoms with E-state index in [1.807, 2.05) is 52.0 Å². The van der Waals surface area contributed by atoms with E-state index in [0.717, 1.165) is 15.8 Å². The predicted octanol–water partition coefficient (Wildman–Crippen LogP) is 3.10. The Morgan fingerprint density at radius 1 is 0.564 bits per heavy atom. The van der Waals surface area contributed by atoms with E-state index in [9.17, 15) is 24.3 Å². The standard InChI is InChI=1S/C74H115N13O14/c1-38(2)34-53-64(90)80-59(43(11)12)73(99)87-33-27-26-32-52(87)70(96)84(18)54(36-48-37-76-50-31-25-24-30-49(48)50)65(91)78-56(40(5)6)67(93)77-51(35-47-28-22-21-23-29-47)63(89)82-60(44(13)14)74(100)101-46(16)61(83-68(94)57(41(7)8)79-66(92)55(75-17)39(3)4)72(98)86(20)62(45(15)88)69(95)81-58(42(9)10)71(97)85(53)19/h21-25,28-31,37-46,51-62,75-76,88H,26-27,32-36H2,1-20H3,(H,77,93)(H,78,91)(H,79,92)(H,80,90)(H,81,95)(H,82,89)(H,83,94)/t45-,46-,51+,52+,53+,54+,55+,56+,57+,58+,59+,60+,61+,62+/m1/s1. The third kappa shape index (κ3) is 21.6. The van der Waals surface area contributed by atoms with Gasteiger partial charge in [-0.1, -0.05) is 145 Å². The topological polar surface area (TPSA) is 359 Å². The molecule has 0 radical (unpaired) electrons. The van der Waals surface area contributed by atoms with Gasteiger partial charge in [-0.3, -0.25) is 52.7 Å². The molecule has 27 nitrogen and oxygen atoms in total. The number of esters is 1. The Morgan fingerprint density at radius 2 is 1.10 bits per heavy atom. The second-order valence-electron chi connectivity index (χ2n) is 29.8. The third-order valence-corrected chi connectivity index (χ3v) is 19.3. The summed E-state index contributed by atoms with van der Waals surface area (Å²) in [7, 11) is 5.63. The molecule has 10 N–H and O–H groups in total. The van der Waals surface area contributed by atoms with E-state index in [1.54, 1.807) is 113 Å². The third-order valence-electron chi connectivity index (χ3n) is 19.3. The molecule has 2 aliphatic heterocycles. The fourth-order valence-corrected chi connectivity index (χ4v) is 13.1. The number of nitrogens with one attached hydrogen (secondary N) is 9. The van der Waals surface area contributed by atoms with E-state index in [0.29, 0.717) is 24.0 Å². The molecule has 0 unspecified atom stereocenters.